The van der Waals surface area contributed by atoms with Crippen molar-refractivity contribution in [2.45, 2.75) is 26.8 Å². The summed E-state index contributed by atoms with van der Waals surface area (Å²) in [4.78, 5) is 11.4. The van der Waals surface area contributed by atoms with Crippen LogP contribution in [0.25, 0.3) is 0 Å². The molecule has 0 fully saturated rings. The molecule has 4 heteroatoms. The first-order chi connectivity index (χ1) is 7.08. The Balaban J connectivity index is 3.00. The maximum Gasteiger partial charge on any atom is 0.250 e. The second-order valence-corrected chi connectivity index (χ2v) is 3.76. The molecule has 0 aromatic carbocycles. The molecule has 15 heavy (non-hydrogen) atoms. The topological polar surface area (TPSA) is 42.2 Å². The average Bonchev–Trinajstić information content (AvgIpc) is 2.22. The van der Waals surface area contributed by atoms with Crippen molar-refractivity contribution in [3.63, 3.8) is 0 Å². The molecular formula is C11H16FNO2. The van der Waals surface area contributed by atoms with Crippen LogP contribution in [0, 0.1) is 11.7 Å². The fraction of sp³-hybridized carbons (Fsp3) is 0.545. The molecule has 1 aromatic heterocycles. The van der Waals surface area contributed by atoms with Crippen LogP contribution in [-0.4, -0.2) is 16.3 Å². The second kappa shape index (κ2) is 5.07. The summed E-state index contributed by atoms with van der Waals surface area (Å²) in [5, 5.41) is 8.85. The summed E-state index contributed by atoms with van der Waals surface area (Å²) in [5.74, 6) is -0.409. The molecule has 0 bridgehead atoms. The summed E-state index contributed by atoms with van der Waals surface area (Å²) >= 11 is 0. The number of halogens is 1. The second-order valence-electron chi connectivity index (χ2n) is 3.76. The van der Waals surface area contributed by atoms with Crippen LogP contribution in [0.3, 0.4) is 0 Å². The third-order valence-electron chi connectivity index (χ3n) is 2.38. The van der Waals surface area contributed by atoms with Gasteiger partial charge in [0, 0.05) is 25.4 Å². The van der Waals surface area contributed by atoms with Gasteiger partial charge in [-0.2, -0.15) is 0 Å². The average molecular weight is 213 g/mol. The Kier molecular flexibility index (Phi) is 4.03. The zero-order valence-electron chi connectivity index (χ0n) is 9.03. The van der Waals surface area contributed by atoms with E-state index in [-0.39, 0.29) is 23.9 Å². The highest BCUT2D eigenvalue weighted by Crippen LogP contribution is 2.10. The molecule has 0 amide bonds. The summed E-state index contributed by atoms with van der Waals surface area (Å²) in [6.45, 7) is 4.06. The third kappa shape index (κ3) is 2.89. The van der Waals surface area contributed by atoms with Crippen molar-refractivity contribution in [1.29, 1.82) is 0 Å². The molecule has 1 rings (SSSR count). The standard InChI is InChI=1S/C11H16FNO2/c1-3-13-6-10(12)9(5-11(13)15)4-8(2)7-14/h5-6,8,14H,3-4,7H2,1-2H3/t8-/m0/s1. The van der Waals surface area contributed by atoms with E-state index in [2.05, 4.69) is 0 Å². The number of hydrogen-bond acceptors (Lipinski definition) is 2. The van der Waals surface area contributed by atoms with Gasteiger partial charge in [-0.05, 0) is 24.8 Å². The van der Waals surface area contributed by atoms with Crippen LogP contribution in [0.15, 0.2) is 17.1 Å². The summed E-state index contributed by atoms with van der Waals surface area (Å²) < 4.78 is 14.8. The summed E-state index contributed by atoms with van der Waals surface area (Å²) in [5.41, 5.74) is 0.185. The highest BCUT2D eigenvalue weighted by molar-refractivity contribution is 5.14. The Labute approximate surface area is 88.2 Å². The lowest BCUT2D eigenvalue weighted by Gasteiger charge is -2.10. The Morgan fingerprint density at radius 1 is 1.60 bits per heavy atom. The van der Waals surface area contributed by atoms with E-state index in [0.717, 1.165) is 0 Å². The maximum atomic E-state index is 13.5. The minimum Gasteiger partial charge on any atom is -0.396 e. The van der Waals surface area contributed by atoms with Gasteiger partial charge in [0.05, 0.1) is 0 Å². The van der Waals surface area contributed by atoms with Crippen molar-refractivity contribution in [1.82, 2.24) is 4.57 Å². The van der Waals surface area contributed by atoms with E-state index in [1.54, 1.807) is 6.92 Å². The minimum absolute atomic E-state index is 0.00367. The first-order valence-corrected chi connectivity index (χ1v) is 5.08. The predicted octanol–water partition coefficient (Wildman–Crippen LogP) is 1.18. The lowest BCUT2D eigenvalue weighted by molar-refractivity contribution is 0.236. The molecule has 0 unspecified atom stereocenters. The van der Waals surface area contributed by atoms with Gasteiger partial charge in [-0.1, -0.05) is 6.92 Å². The quantitative estimate of drug-likeness (QED) is 0.816. The predicted molar refractivity (Wildman–Crippen MR) is 56.3 cm³/mol. The van der Waals surface area contributed by atoms with Gasteiger partial charge >= 0.3 is 0 Å². The van der Waals surface area contributed by atoms with Crippen LogP contribution in [0.1, 0.15) is 19.4 Å². The Morgan fingerprint density at radius 3 is 2.80 bits per heavy atom. The third-order valence-corrected chi connectivity index (χ3v) is 2.38. The SMILES string of the molecule is CCn1cc(F)c(C[C@H](C)CO)cc1=O. The van der Waals surface area contributed by atoms with Crippen molar-refractivity contribution in [3.8, 4) is 0 Å². The van der Waals surface area contributed by atoms with Gasteiger partial charge in [0.1, 0.15) is 5.82 Å². The first kappa shape index (κ1) is 11.9. The van der Waals surface area contributed by atoms with Gasteiger partial charge in [0.15, 0.2) is 0 Å². The number of nitrogens with zero attached hydrogens (tertiary/aromatic N) is 1. The summed E-state index contributed by atoms with van der Waals surface area (Å²) in [7, 11) is 0. The lowest BCUT2D eigenvalue weighted by atomic mass is 10.0. The number of aromatic nitrogens is 1. The van der Waals surface area contributed by atoms with Crippen LogP contribution < -0.4 is 5.56 Å². The van der Waals surface area contributed by atoms with E-state index >= 15 is 0 Å². The molecule has 0 radical (unpaired) electrons. The molecule has 0 aliphatic rings. The zero-order chi connectivity index (χ0) is 11.4. The van der Waals surface area contributed by atoms with E-state index < -0.39 is 0 Å². The summed E-state index contributed by atoms with van der Waals surface area (Å²) in [6.07, 6.45) is 1.61. The zero-order valence-corrected chi connectivity index (χ0v) is 9.03. The Bertz CT molecular complexity index is 387. The molecule has 0 aliphatic heterocycles. The van der Waals surface area contributed by atoms with Crippen molar-refractivity contribution in [2.75, 3.05) is 6.61 Å². The summed E-state index contributed by atoms with van der Waals surface area (Å²) in [6, 6.07) is 1.31. The molecule has 3 nitrogen and oxygen atoms in total. The van der Waals surface area contributed by atoms with Crippen molar-refractivity contribution in [3.05, 3.63) is 34.0 Å². The molecule has 1 atom stereocenters. The normalized spacial score (nSPS) is 12.8. The smallest absolute Gasteiger partial charge is 0.250 e. The monoisotopic (exact) mass is 213 g/mol. The lowest BCUT2D eigenvalue weighted by Crippen LogP contribution is -2.20. The molecule has 0 aliphatic carbocycles. The number of aliphatic hydroxyl groups excluding tert-OH is 1. The van der Waals surface area contributed by atoms with Crippen LogP contribution in [0.4, 0.5) is 4.39 Å². The van der Waals surface area contributed by atoms with Gasteiger partial charge in [0.25, 0.3) is 5.56 Å². The number of aliphatic hydroxyl groups is 1. The molecule has 84 valence electrons. The number of rotatable bonds is 4. The molecule has 1 aromatic rings. The Hall–Kier alpha value is -1.16. The van der Waals surface area contributed by atoms with Crippen LogP contribution in [0.5, 0.6) is 0 Å². The van der Waals surface area contributed by atoms with E-state index in [1.807, 2.05) is 6.92 Å². The fourth-order valence-electron chi connectivity index (χ4n) is 1.43. The van der Waals surface area contributed by atoms with E-state index in [4.69, 9.17) is 5.11 Å². The van der Waals surface area contributed by atoms with Gasteiger partial charge in [0.2, 0.25) is 0 Å². The van der Waals surface area contributed by atoms with Gasteiger partial charge in [-0.3, -0.25) is 4.79 Å². The van der Waals surface area contributed by atoms with E-state index in [1.165, 1.54) is 16.8 Å². The molecule has 1 heterocycles. The van der Waals surface area contributed by atoms with E-state index in [0.29, 0.717) is 18.5 Å². The fourth-order valence-corrected chi connectivity index (χ4v) is 1.43. The highest BCUT2D eigenvalue weighted by Gasteiger charge is 2.09. The van der Waals surface area contributed by atoms with Crippen LogP contribution in [0.2, 0.25) is 0 Å². The van der Waals surface area contributed by atoms with Gasteiger partial charge in [-0.15, -0.1) is 0 Å². The number of aryl methyl sites for hydroxylation is 1. The van der Waals surface area contributed by atoms with Crippen LogP contribution >= 0.6 is 0 Å². The van der Waals surface area contributed by atoms with Crippen molar-refractivity contribution in [2.24, 2.45) is 5.92 Å². The molecule has 0 saturated carbocycles. The minimum atomic E-state index is -0.378. The van der Waals surface area contributed by atoms with Crippen molar-refractivity contribution < 1.29 is 9.50 Å². The highest BCUT2D eigenvalue weighted by atomic mass is 19.1. The molecule has 0 spiro atoms. The first-order valence-electron chi connectivity index (χ1n) is 5.08. The van der Waals surface area contributed by atoms with Gasteiger partial charge < -0.3 is 9.67 Å². The molecule has 1 N–H and O–H groups in total. The van der Waals surface area contributed by atoms with Crippen LogP contribution in [-0.2, 0) is 13.0 Å². The molecular weight excluding hydrogens is 197 g/mol. The maximum absolute atomic E-state index is 13.5. The Morgan fingerprint density at radius 2 is 2.27 bits per heavy atom. The van der Waals surface area contributed by atoms with Crippen molar-refractivity contribution >= 4 is 0 Å². The van der Waals surface area contributed by atoms with Gasteiger partial charge in [-0.25, -0.2) is 4.39 Å². The number of hydrogen-bond donors (Lipinski definition) is 1. The molecule has 0 saturated heterocycles. The largest absolute Gasteiger partial charge is 0.396 e. The number of pyridine rings is 1. The van der Waals surface area contributed by atoms with E-state index in [9.17, 15) is 9.18 Å².